The lowest BCUT2D eigenvalue weighted by Gasteiger charge is -2.18. The number of hydrogen-bond donors (Lipinski definition) is 2. The van der Waals surface area contributed by atoms with E-state index in [0.717, 1.165) is 23.0 Å². The first-order valence-electron chi connectivity index (χ1n) is 6.01. The largest absolute Gasteiger partial charge is 0.397 e. The molecule has 0 aliphatic carbocycles. The number of hydrogen-bond acceptors (Lipinski definition) is 3. The summed E-state index contributed by atoms with van der Waals surface area (Å²) in [6.45, 7) is 8.70. The summed E-state index contributed by atoms with van der Waals surface area (Å²) in [7, 11) is 0. The van der Waals surface area contributed by atoms with Crippen molar-refractivity contribution < 1.29 is 0 Å². The Hall–Kier alpha value is -1.25. The number of anilines is 2. The SMILES string of the molecule is CCC(C)CC(C)Nc1cc(C)c(N)cn1. The van der Waals surface area contributed by atoms with E-state index in [1.165, 1.54) is 12.8 Å². The quantitative estimate of drug-likeness (QED) is 0.802. The van der Waals surface area contributed by atoms with E-state index in [1.807, 2.05) is 13.0 Å². The van der Waals surface area contributed by atoms with Crippen molar-refractivity contribution in [2.24, 2.45) is 5.92 Å². The van der Waals surface area contributed by atoms with Crippen molar-refractivity contribution in [1.82, 2.24) is 4.98 Å². The zero-order valence-electron chi connectivity index (χ0n) is 10.7. The summed E-state index contributed by atoms with van der Waals surface area (Å²) in [6, 6.07) is 2.45. The highest BCUT2D eigenvalue weighted by Crippen LogP contribution is 2.16. The van der Waals surface area contributed by atoms with Crippen LogP contribution in [0, 0.1) is 12.8 Å². The van der Waals surface area contributed by atoms with Crippen molar-refractivity contribution in [2.75, 3.05) is 11.1 Å². The molecule has 3 heteroatoms. The standard InChI is InChI=1S/C13H23N3/c1-5-9(2)6-11(4)16-13-7-10(3)12(14)8-15-13/h7-9,11H,5-6,14H2,1-4H3,(H,15,16). The Morgan fingerprint density at radius 3 is 2.69 bits per heavy atom. The van der Waals surface area contributed by atoms with Gasteiger partial charge in [-0.1, -0.05) is 20.3 Å². The number of rotatable bonds is 5. The Kier molecular flexibility index (Phi) is 4.59. The van der Waals surface area contributed by atoms with Crippen molar-refractivity contribution in [3.8, 4) is 0 Å². The molecule has 16 heavy (non-hydrogen) atoms. The summed E-state index contributed by atoms with van der Waals surface area (Å²) >= 11 is 0. The molecule has 1 aromatic rings. The lowest BCUT2D eigenvalue weighted by molar-refractivity contribution is 0.483. The van der Waals surface area contributed by atoms with Gasteiger partial charge in [0.2, 0.25) is 0 Å². The van der Waals surface area contributed by atoms with E-state index in [1.54, 1.807) is 6.20 Å². The topological polar surface area (TPSA) is 50.9 Å². The van der Waals surface area contributed by atoms with Crippen LogP contribution in [-0.2, 0) is 0 Å². The van der Waals surface area contributed by atoms with Gasteiger partial charge in [-0.3, -0.25) is 0 Å². The smallest absolute Gasteiger partial charge is 0.126 e. The maximum atomic E-state index is 5.73. The molecule has 1 rings (SSSR count). The number of aromatic nitrogens is 1. The van der Waals surface area contributed by atoms with Crippen LogP contribution in [0.5, 0.6) is 0 Å². The van der Waals surface area contributed by atoms with Gasteiger partial charge >= 0.3 is 0 Å². The van der Waals surface area contributed by atoms with Crippen LogP contribution < -0.4 is 11.1 Å². The van der Waals surface area contributed by atoms with Gasteiger partial charge in [0.25, 0.3) is 0 Å². The highest BCUT2D eigenvalue weighted by molar-refractivity contribution is 5.51. The number of nitrogens with two attached hydrogens (primary N) is 1. The van der Waals surface area contributed by atoms with Crippen LogP contribution in [0.2, 0.25) is 0 Å². The van der Waals surface area contributed by atoms with Crippen LogP contribution >= 0.6 is 0 Å². The van der Waals surface area contributed by atoms with Gasteiger partial charge in [0.15, 0.2) is 0 Å². The van der Waals surface area contributed by atoms with E-state index in [-0.39, 0.29) is 0 Å². The summed E-state index contributed by atoms with van der Waals surface area (Å²) < 4.78 is 0. The molecule has 3 nitrogen and oxygen atoms in total. The zero-order chi connectivity index (χ0) is 12.1. The summed E-state index contributed by atoms with van der Waals surface area (Å²) in [6.07, 6.45) is 4.11. The molecule has 2 unspecified atom stereocenters. The Bertz CT molecular complexity index is 336. The van der Waals surface area contributed by atoms with E-state index < -0.39 is 0 Å². The Morgan fingerprint density at radius 2 is 2.12 bits per heavy atom. The molecule has 0 aliphatic heterocycles. The summed E-state index contributed by atoms with van der Waals surface area (Å²) in [4.78, 5) is 4.28. The van der Waals surface area contributed by atoms with Crippen molar-refractivity contribution in [3.63, 3.8) is 0 Å². The monoisotopic (exact) mass is 221 g/mol. The Morgan fingerprint density at radius 1 is 1.44 bits per heavy atom. The van der Waals surface area contributed by atoms with Crippen molar-refractivity contribution in [3.05, 3.63) is 17.8 Å². The molecule has 3 N–H and O–H groups in total. The van der Waals surface area contributed by atoms with E-state index in [0.29, 0.717) is 6.04 Å². The molecule has 1 aromatic heterocycles. The fourth-order valence-electron chi connectivity index (χ4n) is 1.73. The summed E-state index contributed by atoms with van der Waals surface area (Å²) in [5.41, 5.74) is 7.56. The second-order valence-electron chi connectivity index (χ2n) is 4.72. The normalized spacial score (nSPS) is 14.5. The molecule has 1 heterocycles. The second-order valence-corrected chi connectivity index (χ2v) is 4.72. The average molecular weight is 221 g/mol. The van der Waals surface area contributed by atoms with Crippen LogP contribution in [0.3, 0.4) is 0 Å². The molecule has 0 bridgehead atoms. The summed E-state index contributed by atoms with van der Waals surface area (Å²) in [5, 5.41) is 3.41. The third-order valence-electron chi connectivity index (χ3n) is 3.00. The number of aryl methyl sites for hydroxylation is 1. The first-order chi connectivity index (χ1) is 7.52. The van der Waals surface area contributed by atoms with E-state index in [9.17, 15) is 0 Å². The summed E-state index contributed by atoms with van der Waals surface area (Å²) in [5.74, 6) is 1.67. The lowest BCUT2D eigenvalue weighted by Crippen LogP contribution is -2.19. The minimum atomic E-state index is 0.450. The van der Waals surface area contributed by atoms with E-state index >= 15 is 0 Å². The van der Waals surface area contributed by atoms with Gasteiger partial charge in [-0.25, -0.2) is 4.98 Å². The minimum Gasteiger partial charge on any atom is -0.397 e. The van der Waals surface area contributed by atoms with Gasteiger partial charge in [-0.15, -0.1) is 0 Å². The first-order valence-corrected chi connectivity index (χ1v) is 6.01. The van der Waals surface area contributed by atoms with Crippen molar-refractivity contribution in [1.29, 1.82) is 0 Å². The predicted octanol–water partition coefficient (Wildman–Crippen LogP) is 3.21. The molecule has 0 fully saturated rings. The molecule has 0 aromatic carbocycles. The maximum Gasteiger partial charge on any atom is 0.126 e. The van der Waals surface area contributed by atoms with E-state index in [2.05, 4.69) is 31.1 Å². The average Bonchev–Trinajstić information content (AvgIpc) is 2.23. The van der Waals surface area contributed by atoms with Crippen molar-refractivity contribution in [2.45, 2.75) is 46.6 Å². The van der Waals surface area contributed by atoms with Gasteiger partial charge in [0, 0.05) is 6.04 Å². The molecule has 0 amide bonds. The third kappa shape index (κ3) is 3.72. The molecule has 0 aliphatic rings. The molecule has 0 spiro atoms. The number of pyridine rings is 1. The molecular formula is C13H23N3. The Balaban J connectivity index is 2.56. The first kappa shape index (κ1) is 12.8. The molecule has 0 saturated heterocycles. The fraction of sp³-hybridized carbons (Fsp3) is 0.615. The van der Waals surface area contributed by atoms with Crippen LogP contribution in [0.25, 0.3) is 0 Å². The molecule has 0 saturated carbocycles. The zero-order valence-corrected chi connectivity index (χ0v) is 10.7. The van der Waals surface area contributed by atoms with Crippen LogP contribution in [0.4, 0.5) is 11.5 Å². The van der Waals surface area contributed by atoms with Crippen LogP contribution in [-0.4, -0.2) is 11.0 Å². The van der Waals surface area contributed by atoms with Crippen molar-refractivity contribution >= 4 is 11.5 Å². The number of nitrogens with one attached hydrogen (secondary N) is 1. The van der Waals surface area contributed by atoms with Gasteiger partial charge in [-0.05, 0) is 37.8 Å². The highest BCUT2D eigenvalue weighted by atomic mass is 15.0. The highest BCUT2D eigenvalue weighted by Gasteiger charge is 2.08. The lowest BCUT2D eigenvalue weighted by atomic mass is 10.0. The van der Waals surface area contributed by atoms with Crippen LogP contribution in [0.1, 0.15) is 39.2 Å². The predicted molar refractivity (Wildman–Crippen MR) is 70.5 cm³/mol. The van der Waals surface area contributed by atoms with Gasteiger partial charge in [0.05, 0.1) is 11.9 Å². The van der Waals surface area contributed by atoms with Gasteiger partial charge < -0.3 is 11.1 Å². The molecule has 0 radical (unpaired) electrons. The van der Waals surface area contributed by atoms with E-state index in [4.69, 9.17) is 5.73 Å². The molecular weight excluding hydrogens is 198 g/mol. The van der Waals surface area contributed by atoms with Gasteiger partial charge in [0.1, 0.15) is 5.82 Å². The number of nitrogen functional groups attached to an aromatic ring is 1. The third-order valence-corrected chi connectivity index (χ3v) is 3.00. The van der Waals surface area contributed by atoms with Crippen LogP contribution in [0.15, 0.2) is 12.3 Å². The Labute approximate surface area is 98.5 Å². The maximum absolute atomic E-state index is 5.73. The fourth-order valence-corrected chi connectivity index (χ4v) is 1.73. The minimum absolute atomic E-state index is 0.450. The molecule has 2 atom stereocenters. The number of nitrogens with zero attached hydrogens (tertiary/aromatic N) is 1. The second kappa shape index (κ2) is 5.73. The molecule has 90 valence electrons. The van der Waals surface area contributed by atoms with Gasteiger partial charge in [-0.2, -0.15) is 0 Å².